The van der Waals surface area contributed by atoms with E-state index in [1.165, 1.54) is 14.0 Å². The van der Waals surface area contributed by atoms with Gasteiger partial charge in [0.2, 0.25) is 0 Å². The van der Waals surface area contributed by atoms with Gasteiger partial charge in [-0.1, -0.05) is 0 Å². The summed E-state index contributed by atoms with van der Waals surface area (Å²) in [6.07, 6.45) is 0. The van der Waals surface area contributed by atoms with Gasteiger partial charge < -0.3 is 9.47 Å². The summed E-state index contributed by atoms with van der Waals surface area (Å²) in [5.74, 6) is 0. The molecule has 1 atom stereocenters. The van der Waals surface area contributed by atoms with Crippen molar-refractivity contribution >= 4 is 10.1 Å². The van der Waals surface area contributed by atoms with Crippen LogP contribution in [-0.2, 0) is 19.6 Å². The molecule has 0 rings (SSSR count). The van der Waals surface area contributed by atoms with Crippen LogP contribution in [0.2, 0.25) is 0 Å². The highest BCUT2D eigenvalue weighted by Gasteiger charge is 2.16. The Kier molecular flexibility index (Phi) is 4.58. The molecule has 6 heteroatoms. The van der Waals surface area contributed by atoms with E-state index in [0.717, 1.165) is 0 Å². The summed E-state index contributed by atoms with van der Waals surface area (Å²) in [7, 11) is -2.59. The van der Waals surface area contributed by atoms with E-state index >= 15 is 0 Å². The van der Waals surface area contributed by atoms with Crippen LogP contribution in [0.15, 0.2) is 0 Å². The second-order valence-electron chi connectivity index (χ2n) is 1.95. The lowest BCUT2D eigenvalue weighted by Gasteiger charge is -2.08. The molecule has 0 saturated carbocycles. The minimum atomic E-state index is -4.06. The maximum Gasteiger partial charge on any atom is 0.291 e. The molecule has 0 amide bonds. The molecule has 0 radical (unpaired) electrons. The summed E-state index contributed by atoms with van der Waals surface area (Å²) in [6.45, 7) is 1.71. The first-order valence-corrected chi connectivity index (χ1v) is 4.55. The Hall–Kier alpha value is -0.170. The highest BCUT2D eigenvalue weighted by Crippen LogP contribution is 1.98. The van der Waals surface area contributed by atoms with Crippen LogP contribution in [0.25, 0.3) is 0 Å². The van der Waals surface area contributed by atoms with E-state index in [4.69, 9.17) is 4.55 Å². The van der Waals surface area contributed by atoms with Crippen LogP contribution in [0.4, 0.5) is 0 Å². The minimum Gasteiger partial charge on any atom is -0.382 e. The van der Waals surface area contributed by atoms with Crippen LogP contribution in [0.3, 0.4) is 0 Å². The zero-order chi connectivity index (χ0) is 8.91. The number of hydrogen-bond donors (Lipinski definition) is 1. The third-order valence-electron chi connectivity index (χ3n) is 1.06. The van der Waals surface area contributed by atoms with Crippen molar-refractivity contribution in [1.29, 1.82) is 0 Å². The highest BCUT2D eigenvalue weighted by atomic mass is 32.2. The van der Waals surface area contributed by atoms with Crippen molar-refractivity contribution in [2.24, 2.45) is 0 Å². The molecule has 0 aliphatic rings. The molecule has 0 aromatic heterocycles. The molecular formula is C5H12O5S. The average Bonchev–Trinajstić information content (AvgIpc) is 1.86. The summed E-state index contributed by atoms with van der Waals surface area (Å²) in [6, 6.07) is 0. The lowest BCUT2D eigenvalue weighted by molar-refractivity contribution is 0.0567. The maximum atomic E-state index is 10.3. The molecule has 0 spiro atoms. The first-order chi connectivity index (χ1) is 4.98. The van der Waals surface area contributed by atoms with Crippen molar-refractivity contribution in [3.8, 4) is 0 Å². The zero-order valence-electron chi connectivity index (χ0n) is 6.48. The standard InChI is InChI=1S/C5H12O5S/c1-5(11(6,7)8)10-4-3-9-2/h5H,3-4H2,1-2H3,(H,6,7,8). The molecule has 68 valence electrons. The molecular weight excluding hydrogens is 172 g/mol. The third-order valence-corrected chi connectivity index (χ3v) is 2.03. The fraction of sp³-hybridized carbons (Fsp3) is 1.00. The lowest BCUT2D eigenvalue weighted by Crippen LogP contribution is -2.21. The molecule has 0 heterocycles. The van der Waals surface area contributed by atoms with Gasteiger partial charge in [-0.2, -0.15) is 8.42 Å². The van der Waals surface area contributed by atoms with Crippen LogP contribution in [0.1, 0.15) is 6.92 Å². The normalized spacial score (nSPS) is 14.8. The second kappa shape index (κ2) is 4.66. The van der Waals surface area contributed by atoms with Gasteiger partial charge in [-0.05, 0) is 6.92 Å². The van der Waals surface area contributed by atoms with Crippen molar-refractivity contribution < 1.29 is 22.4 Å². The first kappa shape index (κ1) is 10.8. The van der Waals surface area contributed by atoms with Gasteiger partial charge in [0.1, 0.15) is 0 Å². The third kappa shape index (κ3) is 5.14. The van der Waals surface area contributed by atoms with Crippen LogP contribution in [0, 0.1) is 0 Å². The van der Waals surface area contributed by atoms with Crippen molar-refractivity contribution in [3.63, 3.8) is 0 Å². The summed E-state index contributed by atoms with van der Waals surface area (Å²) < 4.78 is 38.3. The summed E-state index contributed by atoms with van der Waals surface area (Å²) >= 11 is 0. The van der Waals surface area contributed by atoms with Gasteiger partial charge in [-0.25, -0.2) is 0 Å². The highest BCUT2D eigenvalue weighted by molar-refractivity contribution is 7.86. The van der Waals surface area contributed by atoms with Crippen LogP contribution in [-0.4, -0.2) is 38.7 Å². The van der Waals surface area contributed by atoms with E-state index in [1.54, 1.807) is 0 Å². The molecule has 0 aromatic carbocycles. The van der Waals surface area contributed by atoms with Gasteiger partial charge in [0.25, 0.3) is 10.1 Å². The average molecular weight is 184 g/mol. The Bertz CT molecular complexity index is 185. The van der Waals surface area contributed by atoms with Crippen molar-refractivity contribution in [2.45, 2.75) is 12.4 Å². The summed E-state index contributed by atoms with van der Waals surface area (Å²) in [4.78, 5) is 0. The quantitative estimate of drug-likeness (QED) is 0.476. The van der Waals surface area contributed by atoms with Gasteiger partial charge in [-0.15, -0.1) is 0 Å². The minimum absolute atomic E-state index is 0.150. The molecule has 0 bridgehead atoms. The van der Waals surface area contributed by atoms with Gasteiger partial charge in [0.15, 0.2) is 5.44 Å². The van der Waals surface area contributed by atoms with E-state index in [2.05, 4.69) is 9.47 Å². The largest absolute Gasteiger partial charge is 0.382 e. The van der Waals surface area contributed by atoms with E-state index in [-0.39, 0.29) is 6.61 Å². The predicted octanol–water partition coefficient (Wildman–Crippen LogP) is -0.117. The molecule has 1 unspecified atom stereocenters. The van der Waals surface area contributed by atoms with Gasteiger partial charge in [0.05, 0.1) is 13.2 Å². The lowest BCUT2D eigenvalue weighted by atomic mass is 10.7. The molecule has 0 fully saturated rings. The number of methoxy groups -OCH3 is 1. The van der Waals surface area contributed by atoms with Crippen LogP contribution < -0.4 is 0 Å². The number of hydrogen-bond acceptors (Lipinski definition) is 4. The summed E-state index contributed by atoms with van der Waals surface area (Å²) in [5, 5.41) is 0. The van der Waals surface area contributed by atoms with Crippen molar-refractivity contribution in [1.82, 2.24) is 0 Å². The number of rotatable bonds is 5. The van der Waals surface area contributed by atoms with Gasteiger partial charge in [-0.3, -0.25) is 4.55 Å². The topological polar surface area (TPSA) is 72.8 Å². The Morgan fingerprint density at radius 2 is 2.00 bits per heavy atom. The molecule has 0 aromatic rings. The maximum absolute atomic E-state index is 10.3. The number of ether oxygens (including phenoxy) is 2. The van der Waals surface area contributed by atoms with Crippen molar-refractivity contribution in [3.05, 3.63) is 0 Å². The molecule has 0 aliphatic heterocycles. The zero-order valence-corrected chi connectivity index (χ0v) is 7.30. The van der Waals surface area contributed by atoms with Gasteiger partial charge in [0, 0.05) is 7.11 Å². The van der Waals surface area contributed by atoms with Gasteiger partial charge >= 0.3 is 0 Å². The Balaban J connectivity index is 3.62. The van der Waals surface area contributed by atoms with E-state index in [0.29, 0.717) is 6.61 Å². The smallest absolute Gasteiger partial charge is 0.291 e. The van der Waals surface area contributed by atoms with Crippen LogP contribution in [0.5, 0.6) is 0 Å². The molecule has 0 aliphatic carbocycles. The molecule has 0 saturated heterocycles. The fourth-order valence-corrected chi connectivity index (χ4v) is 0.652. The van der Waals surface area contributed by atoms with Crippen molar-refractivity contribution in [2.75, 3.05) is 20.3 Å². The Labute approximate surface area is 66.1 Å². The monoisotopic (exact) mass is 184 g/mol. The van der Waals surface area contributed by atoms with E-state index < -0.39 is 15.6 Å². The molecule has 1 N–H and O–H groups in total. The predicted molar refractivity (Wildman–Crippen MR) is 38.8 cm³/mol. The molecule has 5 nitrogen and oxygen atoms in total. The fourth-order valence-electron chi connectivity index (χ4n) is 0.383. The Morgan fingerprint density at radius 3 is 2.36 bits per heavy atom. The van der Waals surface area contributed by atoms with Crippen LogP contribution >= 0.6 is 0 Å². The SMILES string of the molecule is COCCOC(C)S(=O)(=O)O. The summed E-state index contributed by atoms with van der Waals surface area (Å²) in [5.41, 5.74) is -1.18. The Morgan fingerprint density at radius 1 is 1.45 bits per heavy atom. The first-order valence-electron chi connectivity index (χ1n) is 3.05. The van der Waals surface area contributed by atoms with E-state index in [1.807, 2.05) is 0 Å². The van der Waals surface area contributed by atoms with E-state index in [9.17, 15) is 8.42 Å². The second-order valence-corrected chi connectivity index (χ2v) is 3.64. The molecule has 11 heavy (non-hydrogen) atoms.